The first-order valence-corrected chi connectivity index (χ1v) is 6.66. The molecule has 3 nitrogen and oxygen atoms in total. The summed E-state index contributed by atoms with van der Waals surface area (Å²) < 4.78 is 11.0. The van der Waals surface area contributed by atoms with Crippen molar-refractivity contribution in [3.05, 3.63) is 24.3 Å². The molecule has 0 N–H and O–H groups in total. The van der Waals surface area contributed by atoms with Gasteiger partial charge >= 0.3 is 0 Å². The summed E-state index contributed by atoms with van der Waals surface area (Å²) >= 11 is 0. The van der Waals surface area contributed by atoms with Gasteiger partial charge in [0.15, 0.2) is 0 Å². The zero-order valence-electron chi connectivity index (χ0n) is 11.1. The van der Waals surface area contributed by atoms with Crippen LogP contribution in [0.25, 0.3) is 0 Å². The molecule has 3 heteroatoms. The molecule has 0 atom stereocenters. The predicted octanol–water partition coefficient (Wildman–Crippen LogP) is 3.61. The minimum atomic E-state index is 0.426. The highest BCUT2D eigenvalue weighted by molar-refractivity contribution is 5.49. The van der Waals surface area contributed by atoms with Gasteiger partial charge < -0.3 is 14.3 Å². The zero-order valence-corrected chi connectivity index (χ0v) is 11.1. The number of carbonyl (C=O) groups is 1. The molecule has 0 saturated heterocycles. The highest BCUT2D eigenvalue weighted by Gasteiger charge is 1.96. The van der Waals surface area contributed by atoms with Crippen LogP contribution in [0.3, 0.4) is 0 Å². The number of rotatable bonds is 10. The number of hydrogen-bond donors (Lipinski definition) is 0. The molecule has 0 aliphatic heterocycles. The monoisotopic (exact) mass is 250 g/mol. The Labute approximate surface area is 109 Å². The normalized spacial score (nSPS) is 10.1. The Bertz CT molecular complexity index is 319. The van der Waals surface area contributed by atoms with Crippen molar-refractivity contribution in [3.63, 3.8) is 0 Å². The molecule has 0 fully saturated rings. The van der Waals surface area contributed by atoms with Crippen LogP contribution in [0.5, 0.6) is 11.5 Å². The second kappa shape index (κ2) is 9.51. The van der Waals surface area contributed by atoms with Crippen LogP contribution in [-0.2, 0) is 4.79 Å². The van der Waals surface area contributed by atoms with Crippen LogP contribution in [-0.4, -0.2) is 19.5 Å². The van der Waals surface area contributed by atoms with E-state index in [-0.39, 0.29) is 0 Å². The van der Waals surface area contributed by atoms with Crippen LogP contribution < -0.4 is 9.47 Å². The Morgan fingerprint density at radius 1 is 0.944 bits per heavy atom. The lowest BCUT2D eigenvalue weighted by Crippen LogP contribution is -1.99. The molecule has 1 aromatic carbocycles. The van der Waals surface area contributed by atoms with Gasteiger partial charge in [0.1, 0.15) is 17.8 Å². The zero-order chi connectivity index (χ0) is 13.1. The van der Waals surface area contributed by atoms with Gasteiger partial charge in [0.05, 0.1) is 13.2 Å². The summed E-state index contributed by atoms with van der Waals surface area (Å²) in [6.45, 7) is 3.40. The molecule has 0 saturated carbocycles. The fourth-order valence-electron chi connectivity index (χ4n) is 1.58. The largest absolute Gasteiger partial charge is 0.494 e. The number of ether oxygens (including phenoxy) is 2. The third-order valence-corrected chi connectivity index (χ3v) is 2.59. The predicted molar refractivity (Wildman–Crippen MR) is 72.3 cm³/mol. The topological polar surface area (TPSA) is 35.5 Å². The lowest BCUT2D eigenvalue weighted by molar-refractivity contribution is -0.108. The molecule has 0 amide bonds. The van der Waals surface area contributed by atoms with Crippen LogP contribution in [0, 0.1) is 0 Å². The number of benzene rings is 1. The smallest absolute Gasteiger partial charge is 0.123 e. The molecule has 0 aliphatic carbocycles. The molecule has 0 aromatic heterocycles. The van der Waals surface area contributed by atoms with Gasteiger partial charge in [-0.3, -0.25) is 0 Å². The fraction of sp³-hybridized carbons (Fsp3) is 0.533. The van der Waals surface area contributed by atoms with Crippen LogP contribution >= 0.6 is 0 Å². The molecular weight excluding hydrogens is 228 g/mol. The van der Waals surface area contributed by atoms with Crippen LogP contribution in [0.2, 0.25) is 0 Å². The van der Waals surface area contributed by atoms with E-state index in [2.05, 4.69) is 6.92 Å². The number of unbranched alkanes of at least 4 members (excludes halogenated alkanes) is 3. The van der Waals surface area contributed by atoms with Gasteiger partial charge in [0.25, 0.3) is 0 Å². The second-order valence-corrected chi connectivity index (χ2v) is 4.18. The maximum Gasteiger partial charge on any atom is 0.123 e. The van der Waals surface area contributed by atoms with Crippen molar-refractivity contribution in [2.45, 2.75) is 39.0 Å². The molecule has 0 aliphatic rings. The Morgan fingerprint density at radius 2 is 1.56 bits per heavy atom. The third-order valence-electron chi connectivity index (χ3n) is 2.59. The number of carbonyl (C=O) groups excluding carboxylic acids is 1. The first kappa shape index (κ1) is 14.6. The second-order valence-electron chi connectivity index (χ2n) is 4.18. The summed E-state index contributed by atoms with van der Waals surface area (Å²) in [5.41, 5.74) is 0. The molecule has 100 valence electrons. The maximum absolute atomic E-state index is 10.1. The van der Waals surface area contributed by atoms with Crippen molar-refractivity contribution < 1.29 is 14.3 Å². The molecule has 0 unspecified atom stereocenters. The van der Waals surface area contributed by atoms with Gasteiger partial charge in [-0.25, -0.2) is 0 Å². The van der Waals surface area contributed by atoms with E-state index in [9.17, 15) is 4.79 Å². The first-order valence-electron chi connectivity index (χ1n) is 6.66. The van der Waals surface area contributed by atoms with Crippen molar-refractivity contribution >= 4 is 6.29 Å². The SMILES string of the molecule is CCCCCCOc1ccc(OCCC=O)cc1. The van der Waals surface area contributed by atoms with E-state index in [0.717, 1.165) is 30.8 Å². The van der Waals surface area contributed by atoms with Crippen molar-refractivity contribution in [1.29, 1.82) is 0 Å². The van der Waals surface area contributed by atoms with Crippen molar-refractivity contribution in [1.82, 2.24) is 0 Å². The lowest BCUT2D eigenvalue weighted by atomic mass is 10.2. The Morgan fingerprint density at radius 3 is 2.11 bits per heavy atom. The molecule has 0 radical (unpaired) electrons. The average Bonchev–Trinajstić information content (AvgIpc) is 2.40. The minimum absolute atomic E-state index is 0.426. The molecule has 0 spiro atoms. The van der Waals surface area contributed by atoms with E-state index >= 15 is 0 Å². The van der Waals surface area contributed by atoms with Gasteiger partial charge in [0.2, 0.25) is 0 Å². The maximum atomic E-state index is 10.1. The third kappa shape index (κ3) is 6.28. The standard InChI is InChI=1S/C15H22O3/c1-2-3-4-5-12-17-14-7-9-15(10-8-14)18-13-6-11-16/h7-11H,2-6,12-13H2,1H3. The fourth-order valence-corrected chi connectivity index (χ4v) is 1.58. The van der Waals surface area contributed by atoms with Crippen molar-refractivity contribution in [3.8, 4) is 11.5 Å². The number of hydrogen-bond acceptors (Lipinski definition) is 3. The Hall–Kier alpha value is -1.51. The highest BCUT2D eigenvalue weighted by atomic mass is 16.5. The van der Waals surface area contributed by atoms with Crippen LogP contribution in [0.15, 0.2) is 24.3 Å². The first-order chi connectivity index (χ1) is 8.86. The highest BCUT2D eigenvalue weighted by Crippen LogP contribution is 2.18. The lowest BCUT2D eigenvalue weighted by Gasteiger charge is -2.07. The summed E-state index contributed by atoms with van der Waals surface area (Å²) in [7, 11) is 0. The minimum Gasteiger partial charge on any atom is -0.494 e. The van der Waals surface area contributed by atoms with Crippen molar-refractivity contribution in [2.24, 2.45) is 0 Å². The molecular formula is C15H22O3. The van der Waals surface area contributed by atoms with Gasteiger partial charge in [-0.05, 0) is 30.7 Å². The molecule has 1 aromatic rings. The van der Waals surface area contributed by atoms with Crippen LogP contribution in [0.4, 0.5) is 0 Å². The molecule has 0 bridgehead atoms. The number of aldehydes is 1. The molecule has 1 rings (SSSR count). The molecule has 0 heterocycles. The summed E-state index contributed by atoms with van der Waals surface area (Å²) in [5.74, 6) is 1.64. The Kier molecular flexibility index (Phi) is 7.69. The summed E-state index contributed by atoms with van der Waals surface area (Å²) in [5, 5.41) is 0. The van der Waals surface area contributed by atoms with Gasteiger partial charge in [0, 0.05) is 6.42 Å². The van der Waals surface area contributed by atoms with E-state index in [1.807, 2.05) is 24.3 Å². The van der Waals surface area contributed by atoms with Gasteiger partial charge in [-0.2, -0.15) is 0 Å². The average molecular weight is 250 g/mol. The van der Waals surface area contributed by atoms with Crippen molar-refractivity contribution in [2.75, 3.05) is 13.2 Å². The molecule has 18 heavy (non-hydrogen) atoms. The summed E-state index contributed by atoms with van der Waals surface area (Å²) in [6, 6.07) is 7.53. The van der Waals surface area contributed by atoms with E-state index in [1.54, 1.807) is 0 Å². The Balaban J connectivity index is 2.20. The summed E-state index contributed by atoms with van der Waals surface area (Å²) in [4.78, 5) is 10.1. The van der Waals surface area contributed by atoms with E-state index in [0.29, 0.717) is 13.0 Å². The van der Waals surface area contributed by atoms with E-state index in [4.69, 9.17) is 9.47 Å². The van der Waals surface area contributed by atoms with Gasteiger partial charge in [-0.15, -0.1) is 0 Å². The van der Waals surface area contributed by atoms with Gasteiger partial charge in [-0.1, -0.05) is 26.2 Å². The van der Waals surface area contributed by atoms with Crippen LogP contribution in [0.1, 0.15) is 39.0 Å². The quantitative estimate of drug-likeness (QED) is 0.470. The van der Waals surface area contributed by atoms with E-state index < -0.39 is 0 Å². The summed E-state index contributed by atoms with van der Waals surface area (Å²) in [6.07, 6.45) is 6.12. The van der Waals surface area contributed by atoms with E-state index in [1.165, 1.54) is 19.3 Å².